The van der Waals surface area contributed by atoms with Crippen LogP contribution in [-0.4, -0.2) is 54.6 Å². The maximum absolute atomic E-state index is 4.93. The van der Waals surface area contributed by atoms with E-state index < -0.39 is 0 Å². The van der Waals surface area contributed by atoms with E-state index in [0.29, 0.717) is 0 Å². The van der Waals surface area contributed by atoms with Crippen LogP contribution in [0, 0.1) is 0 Å². The van der Waals surface area contributed by atoms with Gasteiger partial charge in [-0.05, 0) is 40.5 Å². The van der Waals surface area contributed by atoms with E-state index >= 15 is 0 Å². The van der Waals surface area contributed by atoms with Gasteiger partial charge in [0, 0.05) is 19.6 Å². The van der Waals surface area contributed by atoms with Crippen LogP contribution >= 0.6 is 0 Å². The molecule has 3 nitrogen and oxygen atoms in total. The molecular weight excluding hydrogens is 246 g/mol. The highest BCUT2D eigenvalue weighted by Gasteiger charge is 2.33. The van der Waals surface area contributed by atoms with E-state index in [4.69, 9.17) is 4.99 Å². The Balaban J connectivity index is 5.27. The van der Waals surface area contributed by atoms with E-state index in [1.54, 1.807) is 0 Å². The molecular formula is C17H38N3+. The van der Waals surface area contributed by atoms with Gasteiger partial charge in [-0.25, -0.2) is 4.99 Å². The van der Waals surface area contributed by atoms with Gasteiger partial charge in [-0.1, -0.05) is 26.7 Å². The summed E-state index contributed by atoms with van der Waals surface area (Å²) in [6.07, 6.45) is 5.05. The van der Waals surface area contributed by atoms with Crippen molar-refractivity contribution in [2.75, 3.05) is 39.3 Å². The Kier molecular flexibility index (Phi) is 10.8. The van der Waals surface area contributed by atoms with E-state index in [1.807, 2.05) is 0 Å². The van der Waals surface area contributed by atoms with Gasteiger partial charge in [-0.3, -0.25) is 4.48 Å². The van der Waals surface area contributed by atoms with E-state index in [1.165, 1.54) is 31.6 Å². The second kappa shape index (κ2) is 11.1. The van der Waals surface area contributed by atoms with Crippen LogP contribution in [0.4, 0.5) is 0 Å². The van der Waals surface area contributed by atoms with Crippen LogP contribution in [-0.2, 0) is 0 Å². The summed E-state index contributed by atoms with van der Waals surface area (Å²) in [6.45, 7) is 20.2. The van der Waals surface area contributed by atoms with Crippen LogP contribution in [0.15, 0.2) is 4.99 Å². The second-order valence-electron chi connectivity index (χ2n) is 5.56. The van der Waals surface area contributed by atoms with Gasteiger partial charge in [0.15, 0.2) is 0 Å². The lowest BCUT2D eigenvalue weighted by molar-refractivity contribution is -0.841. The van der Waals surface area contributed by atoms with Gasteiger partial charge in [0.25, 0.3) is 5.96 Å². The summed E-state index contributed by atoms with van der Waals surface area (Å²) in [6, 6.07) is 0. The Morgan fingerprint density at radius 3 is 1.55 bits per heavy atom. The lowest BCUT2D eigenvalue weighted by Crippen LogP contribution is -2.59. The number of unbranched alkanes of at least 4 members (excludes halogenated alkanes) is 2. The van der Waals surface area contributed by atoms with Gasteiger partial charge in [0.1, 0.15) is 0 Å². The smallest absolute Gasteiger partial charge is 0.300 e. The second-order valence-corrected chi connectivity index (χ2v) is 5.56. The number of hydrogen-bond acceptors (Lipinski definition) is 1. The summed E-state index contributed by atoms with van der Waals surface area (Å²) in [5, 5.41) is 0. The minimum absolute atomic E-state index is 0.893. The molecule has 0 aromatic rings. The maximum atomic E-state index is 4.93. The highest BCUT2D eigenvalue weighted by Crippen LogP contribution is 2.14. The molecule has 0 saturated carbocycles. The molecule has 0 unspecified atom stereocenters. The lowest BCUT2D eigenvalue weighted by Gasteiger charge is -2.40. The number of nitrogens with zero attached hydrogens (tertiary/aromatic N) is 3. The van der Waals surface area contributed by atoms with Crippen LogP contribution in [0.5, 0.6) is 0 Å². The molecule has 120 valence electrons. The first-order chi connectivity index (χ1) is 9.65. The molecule has 0 heterocycles. The topological polar surface area (TPSA) is 15.6 Å². The first-order valence-corrected chi connectivity index (χ1v) is 8.81. The van der Waals surface area contributed by atoms with Crippen molar-refractivity contribution in [3.05, 3.63) is 0 Å². The van der Waals surface area contributed by atoms with Crippen molar-refractivity contribution in [1.29, 1.82) is 0 Å². The number of hydrogen-bond donors (Lipinski definition) is 0. The standard InChI is InChI=1S/C17H38N3/c1-7-13-15-19(16-14-8-2)17(18-9-3)20(10-4,11-5)12-6/h7-16H2,1-6H3/q+1. The normalized spacial score (nSPS) is 12.8. The van der Waals surface area contributed by atoms with Crippen LogP contribution in [0.1, 0.15) is 67.2 Å². The molecule has 0 aliphatic carbocycles. The third-order valence-corrected chi connectivity index (χ3v) is 4.39. The monoisotopic (exact) mass is 284 g/mol. The molecule has 0 rings (SSSR count). The Morgan fingerprint density at radius 2 is 1.25 bits per heavy atom. The van der Waals surface area contributed by atoms with Crippen molar-refractivity contribution in [3.8, 4) is 0 Å². The fourth-order valence-electron chi connectivity index (χ4n) is 2.80. The zero-order chi connectivity index (χ0) is 15.4. The lowest BCUT2D eigenvalue weighted by atomic mass is 10.2. The minimum Gasteiger partial charge on any atom is -0.311 e. The molecule has 0 aromatic carbocycles. The molecule has 0 aliphatic heterocycles. The minimum atomic E-state index is 0.893. The molecule has 0 saturated heterocycles. The Bertz CT molecular complexity index is 241. The molecule has 0 radical (unpaired) electrons. The highest BCUT2D eigenvalue weighted by molar-refractivity contribution is 5.73. The summed E-state index contributed by atoms with van der Waals surface area (Å²) in [5.74, 6) is 1.34. The van der Waals surface area contributed by atoms with Crippen molar-refractivity contribution < 1.29 is 4.48 Å². The molecule has 0 spiro atoms. The fourth-order valence-corrected chi connectivity index (χ4v) is 2.80. The molecule has 0 bridgehead atoms. The van der Waals surface area contributed by atoms with Crippen LogP contribution in [0.25, 0.3) is 0 Å². The van der Waals surface area contributed by atoms with Crippen molar-refractivity contribution in [2.45, 2.75) is 67.2 Å². The fraction of sp³-hybridized carbons (Fsp3) is 0.941. The Labute approximate surface area is 127 Å². The molecule has 0 atom stereocenters. The molecule has 0 fully saturated rings. The van der Waals surface area contributed by atoms with E-state index in [0.717, 1.165) is 43.8 Å². The quantitative estimate of drug-likeness (QED) is 0.334. The summed E-state index contributed by atoms with van der Waals surface area (Å²) < 4.78 is 1.03. The van der Waals surface area contributed by atoms with Gasteiger partial charge < -0.3 is 4.90 Å². The molecule has 3 heteroatoms. The SMILES string of the molecule is CCCCN(CCCC)C(=NCC)[N+](CC)(CC)CC. The van der Waals surface area contributed by atoms with Crippen LogP contribution < -0.4 is 0 Å². The summed E-state index contributed by atoms with van der Waals surface area (Å²) in [5.41, 5.74) is 0. The predicted molar refractivity (Wildman–Crippen MR) is 91.2 cm³/mol. The molecule has 0 aromatic heterocycles. The molecule has 0 aliphatic rings. The van der Waals surface area contributed by atoms with Crippen molar-refractivity contribution in [1.82, 2.24) is 4.90 Å². The predicted octanol–water partition coefficient (Wildman–Crippen LogP) is 4.14. The van der Waals surface area contributed by atoms with Crippen molar-refractivity contribution >= 4 is 5.96 Å². The summed E-state index contributed by atoms with van der Waals surface area (Å²) >= 11 is 0. The van der Waals surface area contributed by atoms with E-state index in [-0.39, 0.29) is 0 Å². The zero-order valence-corrected chi connectivity index (χ0v) is 14.9. The number of guanidine groups is 1. The van der Waals surface area contributed by atoms with E-state index in [2.05, 4.69) is 46.4 Å². The maximum Gasteiger partial charge on any atom is 0.300 e. The van der Waals surface area contributed by atoms with Gasteiger partial charge in [-0.15, -0.1) is 0 Å². The number of rotatable bonds is 10. The van der Waals surface area contributed by atoms with Crippen LogP contribution in [0.3, 0.4) is 0 Å². The third-order valence-electron chi connectivity index (χ3n) is 4.39. The van der Waals surface area contributed by atoms with Crippen molar-refractivity contribution in [2.24, 2.45) is 4.99 Å². The third kappa shape index (κ3) is 5.43. The first kappa shape index (κ1) is 19.4. The van der Waals surface area contributed by atoms with Gasteiger partial charge in [-0.2, -0.15) is 0 Å². The van der Waals surface area contributed by atoms with Gasteiger partial charge in [0.2, 0.25) is 0 Å². The Hall–Kier alpha value is -0.570. The van der Waals surface area contributed by atoms with Gasteiger partial charge >= 0.3 is 0 Å². The molecule has 0 N–H and O–H groups in total. The molecule has 0 amide bonds. The molecule has 20 heavy (non-hydrogen) atoms. The summed E-state index contributed by atoms with van der Waals surface area (Å²) in [4.78, 5) is 7.51. The first-order valence-electron chi connectivity index (χ1n) is 8.81. The van der Waals surface area contributed by atoms with Crippen LogP contribution in [0.2, 0.25) is 0 Å². The van der Waals surface area contributed by atoms with Gasteiger partial charge in [0.05, 0.1) is 19.6 Å². The van der Waals surface area contributed by atoms with Crippen molar-refractivity contribution in [3.63, 3.8) is 0 Å². The number of quaternary nitrogens is 1. The average Bonchev–Trinajstić information content (AvgIpc) is 2.49. The van der Waals surface area contributed by atoms with E-state index in [9.17, 15) is 0 Å². The average molecular weight is 285 g/mol. The Morgan fingerprint density at radius 1 is 0.800 bits per heavy atom. The largest absolute Gasteiger partial charge is 0.311 e. The highest BCUT2D eigenvalue weighted by atomic mass is 15.5. The number of aliphatic imine (C=N–C) groups is 1. The zero-order valence-electron chi connectivity index (χ0n) is 14.9. The summed E-state index contributed by atoms with van der Waals surface area (Å²) in [7, 11) is 0.